The SMILES string of the molecule is CC1CN(c2ncc(CO)cc2Cl)CCN1c1nc2c(NC(=O)c3ccc(Cl)cc3)cc(C(F)(F)F)cc2[nH]1. The van der Waals surface area contributed by atoms with Crippen LogP contribution in [0.3, 0.4) is 0 Å². The van der Waals surface area contributed by atoms with Crippen LogP contribution in [0, 0.1) is 0 Å². The summed E-state index contributed by atoms with van der Waals surface area (Å²) in [4.78, 5) is 28.7. The maximum absolute atomic E-state index is 13.7. The Morgan fingerprint density at radius 3 is 2.56 bits per heavy atom. The summed E-state index contributed by atoms with van der Waals surface area (Å²) in [5, 5.41) is 12.7. The van der Waals surface area contributed by atoms with Gasteiger partial charge < -0.3 is 25.2 Å². The van der Waals surface area contributed by atoms with Gasteiger partial charge in [-0.05, 0) is 55.0 Å². The number of carbonyl (C=O) groups excluding carboxylic acids is 1. The molecule has 3 N–H and O–H groups in total. The molecular weight excluding hydrogens is 556 g/mol. The molecule has 0 radical (unpaired) electrons. The van der Waals surface area contributed by atoms with E-state index in [1.165, 1.54) is 24.3 Å². The van der Waals surface area contributed by atoms with Gasteiger partial charge in [-0.2, -0.15) is 13.2 Å². The van der Waals surface area contributed by atoms with E-state index in [2.05, 4.69) is 20.3 Å². The number of aromatic amines is 1. The maximum Gasteiger partial charge on any atom is 0.416 e. The number of fused-ring (bicyclic) bond motifs is 1. The summed E-state index contributed by atoms with van der Waals surface area (Å²) in [6.45, 7) is 3.33. The molecule has 204 valence electrons. The van der Waals surface area contributed by atoms with Gasteiger partial charge in [0.2, 0.25) is 5.95 Å². The molecule has 2 aromatic carbocycles. The van der Waals surface area contributed by atoms with Crippen molar-refractivity contribution in [1.29, 1.82) is 0 Å². The lowest BCUT2D eigenvalue weighted by molar-refractivity contribution is -0.137. The van der Waals surface area contributed by atoms with Crippen LogP contribution in [0.1, 0.15) is 28.4 Å². The molecule has 39 heavy (non-hydrogen) atoms. The van der Waals surface area contributed by atoms with Gasteiger partial charge in [-0.25, -0.2) is 9.97 Å². The summed E-state index contributed by atoms with van der Waals surface area (Å²) in [6, 6.07) is 9.44. The van der Waals surface area contributed by atoms with Crippen molar-refractivity contribution in [3.05, 3.63) is 75.4 Å². The highest BCUT2D eigenvalue weighted by Crippen LogP contribution is 2.36. The number of hydrogen-bond acceptors (Lipinski definition) is 6. The number of alkyl halides is 3. The molecule has 0 spiro atoms. The average Bonchev–Trinajstić information content (AvgIpc) is 3.32. The van der Waals surface area contributed by atoms with Crippen molar-refractivity contribution in [3.63, 3.8) is 0 Å². The Bertz CT molecular complexity index is 1530. The fraction of sp³-hybridized carbons (Fsp3) is 0.269. The molecule has 1 aliphatic heterocycles. The van der Waals surface area contributed by atoms with Crippen LogP contribution < -0.4 is 15.1 Å². The van der Waals surface area contributed by atoms with Gasteiger partial charge in [0.1, 0.15) is 11.3 Å². The summed E-state index contributed by atoms with van der Waals surface area (Å²) in [5.74, 6) is 0.385. The van der Waals surface area contributed by atoms with Gasteiger partial charge in [-0.3, -0.25) is 4.79 Å². The molecule has 1 unspecified atom stereocenters. The molecule has 1 aliphatic rings. The number of halogens is 5. The number of anilines is 3. The molecule has 1 saturated heterocycles. The smallest absolute Gasteiger partial charge is 0.392 e. The van der Waals surface area contributed by atoms with Crippen LogP contribution in [0.5, 0.6) is 0 Å². The average molecular weight is 579 g/mol. The Kier molecular flexibility index (Phi) is 7.32. The van der Waals surface area contributed by atoms with Crippen LogP contribution in [-0.4, -0.2) is 51.6 Å². The number of hydrogen-bond donors (Lipinski definition) is 3. The van der Waals surface area contributed by atoms with Crippen LogP contribution in [0.15, 0.2) is 48.7 Å². The number of aliphatic hydroxyl groups excluding tert-OH is 1. The second kappa shape index (κ2) is 10.6. The zero-order valence-electron chi connectivity index (χ0n) is 20.6. The number of amides is 1. The summed E-state index contributed by atoms with van der Waals surface area (Å²) in [7, 11) is 0. The minimum atomic E-state index is -4.63. The molecule has 3 heterocycles. The molecule has 0 aliphatic carbocycles. The highest BCUT2D eigenvalue weighted by molar-refractivity contribution is 6.33. The standard InChI is InChI=1S/C26H23Cl2F3N6O2/c1-14-12-36(23-19(28)8-15(13-38)11-32-23)6-7-37(14)25-34-21-10-17(26(29,30)31)9-20(22(21)35-25)33-24(39)16-2-4-18(27)5-3-16/h2-5,8-11,14,38H,6-7,12-13H2,1H3,(H,33,39)(H,34,35). The molecule has 4 aromatic rings. The van der Waals surface area contributed by atoms with Crippen LogP contribution >= 0.6 is 23.2 Å². The molecule has 1 fully saturated rings. The van der Waals surface area contributed by atoms with Crippen molar-refractivity contribution in [2.75, 3.05) is 34.8 Å². The van der Waals surface area contributed by atoms with Gasteiger partial charge in [0.05, 0.1) is 28.4 Å². The van der Waals surface area contributed by atoms with E-state index in [1.807, 2.05) is 16.7 Å². The number of piperazine rings is 1. The number of carbonyl (C=O) groups is 1. The van der Waals surface area contributed by atoms with Crippen LogP contribution in [-0.2, 0) is 12.8 Å². The third kappa shape index (κ3) is 5.61. The molecule has 0 bridgehead atoms. The third-order valence-corrected chi connectivity index (χ3v) is 7.05. The Balaban J connectivity index is 1.44. The van der Waals surface area contributed by atoms with Crippen molar-refractivity contribution in [2.45, 2.75) is 25.7 Å². The van der Waals surface area contributed by atoms with E-state index in [0.29, 0.717) is 47.0 Å². The maximum atomic E-state index is 13.7. The number of imidazole rings is 1. The van der Waals surface area contributed by atoms with Crippen molar-refractivity contribution in [2.24, 2.45) is 0 Å². The molecular formula is C26H23Cl2F3N6O2. The van der Waals surface area contributed by atoms with Crippen molar-refractivity contribution in [1.82, 2.24) is 15.0 Å². The van der Waals surface area contributed by atoms with Gasteiger partial charge in [-0.1, -0.05) is 23.2 Å². The van der Waals surface area contributed by atoms with E-state index in [-0.39, 0.29) is 34.9 Å². The first-order chi connectivity index (χ1) is 18.5. The number of rotatable bonds is 5. The van der Waals surface area contributed by atoms with E-state index in [1.54, 1.807) is 12.3 Å². The van der Waals surface area contributed by atoms with Crippen molar-refractivity contribution in [3.8, 4) is 0 Å². The summed E-state index contributed by atoms with van der Waals surface area (Å²) >= 11 is 12.3. The van der Waals surface area contributed by atoms with E-state index in [0.717, 1.165) is 12.1 Å². The fourth-order valence-electron chi connectivity index (χ4n) is 4.55. The second-order valence-corrected chi connectivity index (χ2v) is 10.1. The molecule has 5 rings (SSSR count). The monoisotopic (exact) mass is 578 g/mol. The number of aliphatic hydroxyl groups is 1. The van der Waals surface area contributed by atoms with E-state index >= 15 is 0 Å². The second-order valence-electron chi connectivity index (χ2n) is 9.23. The summed E-state index contributed by atoms with van der Waals surface area (Å²) in [5.41, 5.74) is 0.221. The Labute approximate surface area is 231 Å². The van der Waals surface area contributed by atoms with Crippen LogP contribution in [0.2, 0.25) is 10.0 Å². The number of H-pyrrole nitrogens is 1. The van der Waals surface area contributed by atoms with E-state index < -0.39 is 17.6 Å². The Hall–Kier alpha value is -3.54. The first-order valence-electron chi connectivity index (χ1n) is 12.0. The van der Waals surface area contributed by atoms with Crippen molar-refractivity contribution < 1.29 is 23.1 Å². The predicted molar refractivity (Wildman–Crippen MR) is 145 cm³/mol. The predicted octanol–water partition coefficient (Wildman–Crippen LogP) is 5.74. The first kappa shape index (κ1) is 27.0. The zero-order chi connectivity index (χ0) is 27.9. The largest absolute Gasteiger partial charge is 0.416 e. The lowest BCUT2D eigenvalue weighted by Crippen LogP contribution is -2.52. The lowest BCUT2D eigenvalue weighted by atomic mass is 10.1. The molecule has 8 nitrogen and oxygen atoms in total. The number of nitrogens with zero attached hydrogens (tertiary/aromatic N) is 4. The van der Waals surface area contributed by atoms with E-state index in [4.69, 9.17) is 23.2 Å². The summed E-state index contributed by atoms with van der Waals surface area (Å²) < 4.78 is 41.1. The molecule has 1 atom stereocenters. The zero-order valence-corrected chi connectivity index (χ0v) is 22.1. The van der Waals surface area contributed by atoms with Gasteiger partial charge >= 0.3 is 6.18 Å². The normalized spacial score (nSPS) is 16.1. The lowest BCUT2D eigenvalue weighted by Gasteiger charge is -2.40. The number of nitrogens with one attached hydrogen (secondary N) is 2. The highest BCUT2D eigenvalue weighted by atomic mass is 35.5. The molecule has 1 amide bonds. The van der Waals surface area contributed by atoms with Gasteiger partial charge in [0.15, 0.2) is 0 Å². The first-order valence-corrected chi connectivity index (χ1v) is 12.7. The Morgan fingerprint density at radius 1 is 1.18 bits per heavy atom. The number of aromatic nitrogens is 3. The molecule has 2 aromatic heterocycles. The quantitative estimate of drug-likeness (QED) is 0.279. The van der Waals surface area contributed by atoms with Gasteiger partial charge in [-0.15, -0.1) is 0 Å². The van der Waals surface area contributed by atoms with Gasteiger partial charge in [0, 0.05) is 42.5 Å². The minimum absolute atomic E-state index is 0.0616. The van der Waals surface area contributed by atoms with Crippen molar-refractivity contribution >= 4 is 57.6 Å². The molecule has 0 saturated carbocycles. The van der Waals surface area contributed by atoms with Crippen LogP contribution in [0.4, 0.5) is 30.6 Å². The van der Waals surface area contributed by atoms with E-state index in [9.17, 15) is 23.1 Å². The number of pyridine rings is 1. The van der Waals surface area contributed by atoms with Crippen LogP contribution in [0.25, 0.3) is 11.0 Å². The molecule has 13 heteroatoms. The Morgan fingerprint density at radius 2 is 1.92 bits per heavy atom. The minimum Gasteiger partial charge on any atom is -0.392 e. The number of benzene rings is 2. The van der Waals surface area contributed by atoms with Gasteiger partial charge in [0.25, 0.3) is 5.91 Å². The topological polar surface area (TPSA) is 97.4 Å². The fourth-order valence-corrected chi connectivity index (χ4v) is 4.98. The third-order valence-electron chi connectivity index (χ3n) is 6.52. The highest BCUT2D eigenvalue weighted by Gasteiger charge is 2.33. The summed E-state index contributed by atoms with van der Waals surface area (Å²) in [6.07, 6.45) is -3.06.